The topological polar surface area (TPSA) is 158 Å². The highest BCUT2D eigenvalue weighted by molar-refractivity contribution is 5.82. The molecule has 0 heterocycles. The van der Waals surface area contributed by atoms with Gasteiger partial charge >= 0.3 is 53.6 Å². The molecule has 0 saturated heterocycles. The molecule has 8 aliphatic rings. The summed E-state index contributed by atoms with van der Waals surface area (Å²) in [5.74, 6) is -13.9. The smallest absolute Gasteiger partial charge is 0.377 e. The number of carbonyl (C=O) groups is 6. The van der Waals surface area contributed by atoms with E-state index in [-0.39, 0.29) is 0 Å². The van der Waals surface area contributed by atoms with Crippen LogP contribution in [0.3, 0.4) is 0 Å². The number of halogens is 6. The van der Waals surface area contributed by atoms with Gasteiger partial charge in [-0.25, -0.2) is 28.8 Å². The van der Waals surface area contributed by atoms with Crippen LogP contribution in [-0.4, -0.2) is 90.2 Å². The first-order valence-corrected chi connectivity index (χ1v) is 23.6. The van der Waals surface area contributed by atoms with Gasteiger partial charge < -0.3 is 28.4 Å². The molecule has 0 N–H and O–H groups in total. The van der Waals surface area contributed by atoms with Gasteiger partial charge in [-0.3, -0.25) is 0 Å². The van der Waals surface area contributed by atoms with Crippen molar-refractivity contribution in [3.05, 3.63) is 0 Å². The summed E-state index contributed by atoms with van der Waals surface area (Å²) in [6, 6.07) is 0. The number of alkyl halides is 6. The Hall–Kier alpha value is -3.60. The fraction of sp³-hybridized carbons (Fsp3) is 0.872. The second-order valence-electron chi connectivity index (χ2n) is 20.2. The van der Waals surface area contributed by atoms with Crippen LogP contribution in [0.4, 0.5) is 26.3 Å². The fourth-order valence-corrected chi connectivity index (χ4v) is 12.8. The van der Waals surface area contributed by atoms with Gasteiger partial charge in [-0.15, -0.1) is 0 Å². The second-order valence-corrected chi connectivity index (χ2v) is 20.2. The summed E-state index contributed by atoms with van der Waals surface area (Å²) in [6.45, 7) is 5.15. The van der Waals surface area contributed by atoms with E-state index in [1.54, 1.807) is 0 Å². The summed E-state index contributed by atoms with van der Waals surface area (Å²) in [4.78, 5) is 68.8. The molecule has 0 aromatic rings. The largest absolute Gasteiger partial charge is 0.456 e. The number of ether oxygens (including phenoxy) is 6. The van der Waals surface area contributed by atoms with Gasteiger partial charge in [-0.05, 0) is 150 Å². The SMILES string of the molecule is CCC1(OC(=O)COC(=O)C(C)(F)F)CC2CCC1C2.CCCC1(OC(=O)COC(=O)C(C)(F)F)C2CC3CC(C2)CC1C3.CCCC1(OC(=O)COC(=O)C(C)(F)F)CC2CCC1C2. The number of hydrogen-bond acceptors (Lipinski definition) is 12. The summed E-state index contributed by atoms with van der Waals surface area (Å²) < 4.78 is 106. The predicted molar refractivity (Wildman–Crippen MR) is 219 cm³/mol. The quantitative estimate of drug-likeness (QED) is 0.0774. The lowest BCUT2D eigenvalue weighted by molar-refractivity contribution is -0.217. The van der Waals surface area contributed by atoms with Gasteiger partial charge in [-0.1, -0.05) is 33.6 Å². The third-order valence-electron chi connectivity index (χ3n) is 15.2. The maximum absolute atomic E-state index is 12.8. The summed E-state index contributed by atoms with van der Waals surface area (Å²) in [6.07, 6.45) is 18.0. The minimum Gasteiger partial charge on any atom is -0.456 e. The van der Waals surface area contributed by atoms with Crippen molar-refractivity contribution in [3.8, 4) is 0 Å². The van der Waals surface area contributed by atoms with Crippen LogP contribution in [0.2, 0.25) is 0 Å². The highest BCUT2D eigenvalue weighted by Gasteiger charge is 2.59. The standard InChI is InChI=1S/C18H26F2O4.C15H22F2O4.C14H20F2O4/c1-3-4-18(24-15(21)10-23-16(22)17(2,19)20)13-6-11-5-12(8-13)9-14(18)7-11;1-3-6-15(8-10-4-5-11(15)7-10)21-12(18)9-20-13(19)14(2,16)17;1-3-14(7-9-4-5-10(14)6-9)20-11(17)8-19-12(18)13(2,15)16/h11-14H,3-10H2,1-2H3;10-11H,3-9H2,1-2H3;9-10H,3-8H2,1-2H3. The van der Waals surface area contributed by atoms with Crippen LogP contribution in [-0.2, 0) is 57.2 Å². The lowest BCUT2D eigenvalue weighted by Gasteiger charge is -2.60. The Morgan fingerprint density at radius 1 is 0.462 bits per heavy atom. The zero-order valence-corrected chi connectivity index (χ0v) is 38.6. The Balaban J connectivity index is 0.000000184. The normalized spacial score (nSPS) is 33.8. The first-order valence-electron chi connectivity index (χ1n) is 23.6. The number of esters is 6. The highest BCUT2D eigenvalue weighted by Crippen LogP contribution is 2.61. The monoisotopic (exact) mass is 938 g/mol. The van der Waals surface area contributed by atoms with E-state index in [1.165, 1.54) is 19.3 Å². The summed E-state index contributed by atoms with van der Waals surface area (Å²) in [5.41, 5.74) is -1.45. The molecule has 8 aliphatic carbocycles. The summed E-state index contributed by atoms with van der Waals surface area (Å²) >= 11 is 0. The molecule has 0 aliphatic heterocycles. The van der Waals surface area contributed by atoms with Crippen LogP contribution >= 0.6 is 0 Å². The van der Waals surface area contributed by atoms with Gasteiger partial charge in [0.05, 0.1) is 0 Å². The number of fused-ring (bicyclic) bond motifs is 4. The van der Waals surface area contributed by atoms with Crippen LogP contribution in [0.5, 0.6) is 0 Å². The molecule has 370 valence electrons. The van der Waals surface area contributed by atoms with E-state index in [9.17, 15) is 55.1 Å². The minimum atomic E-state index is -3.59. The van der Waals surface area contributed by atoms with Crippen molar-refractivity contribution >= 4 is 35.8 Å². The first kappa shape index (κ1) is 52.4. The van der Waals surface area contributed by atoms with Crippen LogP contribution in [0, 0.1) is 47.3 Å². The molecule has 6 unspecified atom stereocenters. The lowest BCUT2D eigenvalue weighted by Crippen LogP contribution is -2.59. The van der Waals surface area contributed by atoms with Crippen molar-refractivity contribution in [2.75, 3.05) is 19.8 Å². The van der Waals surface area contributed by atoms with Crippen LogP contribution < -0.4 is 0 Å². The van der Waals surface area contributed by atoms with E-state index in [2.05, 4.69) is 21.1 Å². The summed E-state index contributed by atoms with van der Waals surface area (Å²) in [5, 5.41) is 0. The molecule has 8 rings (SSSR count). The first-order chi connectivity index (χ1) is 30.3. The number of rotatable bonds is 17. The Morgan fingerprint density at radius 2 is 0.815 bits per heavy atom. The van der Waals surface area contributed by atoms with Crippen molar-refractivity contribution in [2.24, 2.45) is 47.3 Å². The molecule has 0 aromatic carbocycles. The van der Waals surface area contributed by atoms with Gasteiger partial charge in [0.2, 0.25) is 0 Å². The van der Waals surface area contributed by atoms with Crippen molar-refractivity contribution in [1.29, 1.82) is 0 Å². The van der Waals surface area contributed by atoms with E-state index in [0.29, 0.717) is 62.7 Å². The second kappa shape index (κ2) is 20.7. The molecular weight excluding hydrogens is 870 g/mol. The van der Waals surface area contributed by atoms with Crippen LogP contribution in [0.1, 0.15) is 157 Å². The molecular formula is C47H68F6O12. The molecule has 8 bridgehead atoms. The molecule has 0 radical (unpaired) electrons. The molecule has 8 saturated carbocycles. The van der Waals surface area contributed by atoms with E-state index < -0.39 is 90.2 Å². The molecule has 0 spiro atoms. The lowest BCUT2D eigenvalue weighted by atomic mass is 9.49. The molecule has 6 atom stereocenters. The molecule has 12 nitrogen and oxygen atoms in total. The zero-order chi connectivity index (χ0) is 48.2. The predicted octanol–water partition coefficient (Wildman–Crippen LogP) is 9.51. The van der Waals surface area contributed by atoms with Gasteiger partial charge in [0.25, 0.3) is 0 Å². The zero-order valence-electron chi connectivity index (χ0n) is 38.6. The van der Waals surface area contributed by atoms with E-state index in [1.807, 2.05) is 13.8 Å². The maximum atomic E-state index is 12.8. The van der Waals surface area contributed by atoms with Gasteiger partial charge in [-0.2, -0.15) is 26.3 Å². The molecule has 8 fully saturated rings. The van der Waals surface area contributed by atoms with Crippen molar-refractivity contribution in [1.82, 2.24) is 0 Å². The molecule has 0 aromatic heterocycles. The highest BCUT2D eigenvalue weighted by atomic mass is 19.3. The van der Waals surface area contributed by atoms with Crippen molar-refractivity contribution < 1.29 is 83.5 Å². The minimum absolute atomic E-state index is 0.352. The van der Waals surface area contributed by atoms with Crippen molar-refractivity contribution in [2.45, 2.75) is 192 Å². The Labute approximate surface area is 377 Å². The van der Waals surface area contributed by atoms with Gasteiger partial charge in [0.1, 0.15) is 16.8 Å². The fourth-order valence-electron chi connectivity index (χ4n) is 12.8. The number of hydrogen-bond donors (Lipinski definition) is 0. The molecule has 18 heteroatoms. The van der Waals surface area contributed by atoms with E-state index in [4.69, 9.17) is 14.2 Å². The van der Waals surface area contributed by atoms with Gasteiger partial charge in [0, 0.05) is 20.8 Å². The van der Waals surface area contributed by atoms with Gasteiger partial charge in [0.15, 0.2) is 19.8 Å². The van der Waals surface area contributed by atoms with E-state index in [0.717, 1.165) is 102 Å². The Kier molecular flexibility index (Phi) is 16.7. The average Bonchev–Trinajstić information content (AvgIpc) is 4.02. The van der Waals surface area contributed by atoms with Crippen LogP contribution in [0.25, 0.3) is 0 Å². The maximum Gasteiger partial charge on any atom is 0.377 e. The molecule has 0 amide bonds. The average molecular weight is 939 g/mol. The Morgan fingerprint density at radius 3 is 1.14 bits per heavy atom. The van der Waals surface area contributed by atoms with E-state index >= 15 is 0 Å². The van der Waals surface area contributed by atoms with Crippen LogP contribution in [0.15, 0.2) is 0 Å². The number of carbonyl (C=O) groups excluding carboxylic acids is 6. The Bertz CT molecular complexity index is 1700. The molecule has 65 heavy (non-hydrogen) atoms. The third-order valence-corrected chi connectivity index (χ3v) is 15.2. The van der Waals surface area contributed by atoms with Crippen molar-refractivity contribution in [3.63, 3.8) is 0 Å². The third kappa shape index (κ3) is 12.7. The summed E-state index contributed by atoms with van der Waals surface area (Å²) in [7, 11) is 0.